The van der Waals surface area contributed by atoms with Crippen molar-refractivity contribution in [2.75, 3.05) is 0 Å². The number of aryl methyl sites for hydroxylation is 1. The molecule has 0 radical (unpaired) electrons. The van der Waals surface area contributed by atoms with Gasteiger partial charge in [0.1, 0.15) is 11.5 Å². The van der Waals surface area contributed by atoms with E-state index in [9.17, 15) is 26.7 Å². The highest BCUT2D eigenvalue weighted by atomic mass is 19.3. The second kappa shape index (κ2) is 6.82. The molecule has 9 heteroatoms. The second-order valence-electron chi connectivity index (χ2n) is 5.72. The van der Waals surface area contributed by atoms with Crippen molar-refractivity contribution in [3.8, 4) is 22.4 Å². The standard InChI is InChI=1S/C18H12F5N3O/c1-26-16(14(18(24)27)15(25-26)17(22)23)10-4-3-9(19)7-11(10)8-2-5-12(20)13(21)6-8/h2-7,17H,1H3,(H2,24,27). The Kier molecular flexibility index (Phi) is 4.69. The highest BCUT2D eigenvalue weighted by molar-refractivity contribution is 6.02. The van der Waals surface area contributed by atoms with Gasteiger partial charge in [-0.25, -0.2) is 22.0 Å². The number of benzene rings is 2. The summed E-state index contributed by atoms with van der Waals surface area (Å²) in [5.41, 5.74) is 4.07. The lowest BCUT2D eigenvalue weighted by Gasteiger charge is -2.12. The van der Waals surface area contributed by atoms with Crippen molar-refractivity contribution >= 4 is 5.91 Å². The van der Waals surface area contributed by atoms with Crippen molar-refractivity contribution in [2.45, 2.75) is 6.43 Å². The molecule has 0 fully saturated rings. The lowest BCUT2D eigenvalue weighted by molar-refractivity contribution is 0.0985. The number of rotatable bonds is 4. The Bertz CT molecular complexity index is 1050. The number of hydrogen-bond acceptors (Lipinski definition) is 2. The largest absolute Gasteiger partial charge is 0.365 e. The van der Waals surface area contributed by atoms with E-state index in [4.69, 9.17) is 5.73 Å². The topological polar surface area (TPSA) is 60.9 Å². The molecular formula is C18H12F5N3O. The van der Waals surface area contributed by atoms with Gasteiger partial charge in [-0.2, -0.15) is 5.10 Å². The first-order valence-corrected chi connectivity index (χ1v) is 7.61. The van der Waals surface area contributed by atoms with Gasteiger partial charge >= 0.3 is 0 Å². The first kappa shape index (κ1) is 18.6. The van der Waals surface area contributed by atoms with E-state index in [0.717, 1.165) is 28.9 Å². The summed E-state index contributed by atoms with van der Waals surface area (Å²) in [6.45, 7) is 0. The van der Waals surface area contributed by atoms with E-state index >= 15 is 0 Å². The lowest BCUT2D eigenvalue weighted by atomic mass is 9.94. The summed E-state index contributed by atoms with van der Waals surface area (Å²) in [6.07, 6.45) is -3.07. The average Bonchev–Trinajstić information content (AvgIpc) is 2.95. The van der Waals surface area contributed by atoms with Crippen molar-refractivity contribution in [1.82, 2.24) is 9.78 Å². The second-order valence-corrected chi connectivity index (χ2v) is 5.72. The van der Waals surface area contributed by atoms with E-state index in [1.165, 1.54) is 19.2 Å². The predicted molar refractivity (Wildman–Crippen MR) is 87.4 cm³/mol. The SMILES string of the molecule is Cn1nc(C(F)F)c(C(N)=O)c1-c1ccc(F)cc1-c1ccc(F)c(F)c1. The molecule has 2 N–H and O–H groups in total. The summed E-state index contributed by atoms with van der Waals surface area (Å²) in [4.78, 5) is 11.8. The Hall–Kier alpha value is -3.23. The Morgan fingerprint density at radius 2 is 1.74 bits per heavy atom. The van der Waals surface area contributed by atoms with Crippen LogP contribution in [0.1, 0.15) is 22.5 Å². The molecule has 0 saturated carbocycles. The lowest BCUT2D eigenvalue weighted by Crippen LogP contribution is -2.14. The van der Waals surface area contributed by atoms with Crippen molar-refractivity contribution in [3.05, 3.63) is 65.1 Å². The van der Waals surface area contributed by atoms with Gasteiger partial charge in [-0.05, 0) is 41.5 Å². The summed E-state index contributed by atoms with van der Waals surface area (Å²) in [6, 6.07) is 6.17. The molecule has 0 spiro atoms. The molecule has 27 heavy (non-hydrogen) atoms. The van der Waals surface area contributed by atoms with Crippen LogP contribution in [0.3, 0.4) is 0 Å². The third-order valence-electron chi connectivity index (χ3n) is 3.99. The van der Waals surface area contributed by atoms with E-state index in [2.05, 4.69) is 5.10 Å². The fourth-order valence-electron chi connectivity index (χ4n) is 2.87. The number of nitrogens with two attached hydrogens (primary N) is 1. The maximum absolute atomic E-state index is 13.8. The number of amides is 1. The monoisotopic (exact) mass is 381 g/mol. The van der Waals surface area contributed by atoms with Crippen LogP contribution in [0.15, 0.2) is 36.4 Å². The zero-order valence-electron chi connectivity index (χ0n) is 13.8. The molecule has 3 rings (SSSR count). The molecule has 0 bridgehead atoms. The minimum atomic E-state index is -3.07. The molecule has 140 valence electrons. The molecule has 0 unspecified atom stereocenters. The van der Waals surface area contributed by atoms with Crippen LogP contribution in [0.5, 0.6) is 0 Å². The minimum absolute atomic E-state index is 0.0558. The number of nitrogens with zero attached hydrogens (tertiary/aromatic N) is 2. The van der Waals surface area contributed by atoms with Crippen LogP contribution in [0.25, 0.3) is 22.4 Å². The zero-order chi connectivity index (χ0) is 19.9. The van der Waals surface area contributed by atoms with E-state index < -0.39 is 41.0 Å². The summed E-state index contributed by atoms with van der Waals surface area (Å²) in [5, 5.41) is 3.63. The van der Waals surface area contributed by atoms with Gasteiger partial charge in [-0.3, -0.25) is 9.48 Å². The van der Waals surface area contributed by atoms with Crippen molar-refractivity contribution in [3.63, 3.8) is 0 Å². The number of carbonyl (C=O) groups is 1. The molecule has 4 nitrogen and oxygen atoms in total. The van der Waals surface area contributed by atoms with E-state index in [0.29, 0.717) is 0 Å². The first-order chi connectivity index (χ1) is 12.7. The van der Waals surface area contributed by atoms with Crippen LogP contribution in [0.4, 0.5) is 22.0 Å². The number of aromatic nitrogens is 2. The normalized spacial score (nSPS) is 11.2. The molecule has 0 aliphatic carbocycles. The molecule has 1 aromatic heterocycles. The Morgan fingerprint density at radius 1 is 1.04 bits per heavy atom. The minimum Gasteiger partial charge on any atom is -0.365 e. The fourth-order valence-corrected chi connectivity index (χ4v) is 2.87. The summed E-state index contributed by atoms with van der Waals surface area (Å²) >= 11 is 0. The van der Waals surface area contributed by atoms with Crippen LogP contribution in [0.2, 0.25) is 0 Å². The molecule has 1 heterocycles. The van der Waals surface area contributed by atoms with Crippen molar-refractivity contribution in [2.24, 2.45) is 12.8 Å². The predicted octanol–water partition coefficient (Wildman–Crippen LogP) is 4.21. The van der Waals surface area contributed by atoms with Gasteiger partial charge in [-0.15, -0.1) is 0 Å². The van der Waals surface area contributed by atoms with Gasteiger partial charge in [0.15, 0.2) is 11.6 Å². The molecule has 0 aliphatic rings. The highest BCUT2D eigenvalue weighted by Crippen LogP contribution is 2.37. The number of primary amides is 1. The summed E-state index contributed by atoms with van der Waals surface area (Å²) in [5.74, 6) is -4.12. The van der Waals surface area contributed by atoms with Gasteiger partial charge in [0.2, 0.25) is 0 Å². The van der Waals surface area contributed by atoms with Crippen molar-refractivity contribution < 1.29 is 26.7 Å². The van der Waals surface area contributed by atoms with Crippen LogP contribution >= 0.6 is 0 Å². The third-order valence-corrected chi connectivity index (χ3v) is 3.99. The average molecular weight is 381 g/mol. The van der Waals surface area contributed by atoms with Gasteiger partial charge < -0.3 is 5.73 Å². The van der Waals surface area contributed by atoms with Gasteiger partial charge in [0.05, 0.1) is 11.3 Å². The molecule has 1 amide bonds. The Balaban J connectivity index is 2.34. The number of hydrogen-bond donors (Lipinski definition) is 1. The van der Waals surface area contributed by atoms with Gasteiger partial charge in [0.25, 0.3) is 12.3 Å². The summed E-state index contributed by atoms with van der Waals surface area (Å²) in [7, 11) is 1.31. The summed E-state index contributed by atoms with van der Waals surface area (Å²) < 4.78 is 68.2. The Morgan fingerprint density at radius 3 is 2.33 bits per heavy atom. The number of alkyl halides is 2. The maximum atomic E-state index is 13.8. The quantitative estimate of drug-likeness (QED) is 0.689. The molecule has 2 aromatic carbocycles. The van der Waals surface area contributed by atoms with Crippen LogP contribution in [-0.4, -0.2) is 15.7 Å². The number of halogens is 5. The smallest absolute Gasteiger partial charge is 0.282 e. The highest BCUT2D eigenvalue weighted by Gasteiger charge is 2.28. The van der Waals surface area contributed by atoms with Crippen LogP contribution in [-0.2, 0) is 7.05 Å². The molecule has 0 saturated heterocycles. The van der Waals surface area contributed by atoms with Gasteiger partial charge in [0, 0.05) is 12.6 Å². The fraction of sp³-hybridized carbons (Fsp3) is 0.111. The van der Waals surface area contributed by atoms with Gasteiger partial charge in [-0.1, -0.05) is 6.07 Å². The molecular weight excluding hydrogens is 369 g/mol. The van der Waals surface area contributed by atoms with E-state index in [1.807, 2.05) is 0 Å². The zero-order valence-corrected chi connectivity index (χ0v) is 13.8. The van der Waals surface area contributed by atoms with Crippen LogP contribution in [0, 0.1) is 17.5 Å². The molecule has 0 aliphatic heterocycles. The maximum Gasteiger partial charge on any atom is 0.282 e. The number of carbonyl (C=O) groups excluding carboxylic acids is 1. The first-order valence-electron chi connectivity index (χ1n) is 7.61. The van der Waals surface area contributed by atoms with E-state index in [1.54, 1.807) is 0 Å². The molecule has 0 atom stereocenters. The Labute approximate surface area is 150 Å². The van der Waals surface area contributed by atoms with Crippen molar-refractivity contribution in [1.29, 1.82) is 0 Å². The third kappa shape index (κ3) is 3.27. The van der Waals surface area contributed by atoms with Crippen LogP contribution < -0.4 is 5.73 Å². The van der Waals surface area contributed by atoms with E-state index in [-0.39, 0.29) is 22.4 Å². The molecule has 3 aromatic rings.